The minimum absolute atomic E-state index is 0.0300. The molecule has 1 atom stereocenters. The highest BCUT2D eigenvalue weighted by molar-refractivity contribution is 5.93. The smallest absolute Gasteiger partial charge is 0.287 e. The van der Waals surface area contributed by atoms with Crippen molar-refractivity contribution in [2.45, 2.75) is 32.7 Å². The number of furan rings is 1. The number of hydrogen-bond acceptors (Lipinski definition) is 5. The molecule has 4 rings (SSSR count). The summed E-state index contributed by atoms with van der Waals surface area (Å²) in [7, 11) is 0. The number of aryl methyl sites for hydroxylation is 2. The summed E-state index contributed by atoms with van der Waals surface area (Å²) >= 11 is 0. The molecule has 3 heterocycles. The monoisotopic (exact) mass is 380 g/mol. The predicted molar refractivity (Wildman–Crippen MR) is 107 cm³/mol. The minimum atomic E-state index is -0.393. The van der Waals surface area contributed by atoms with Crippen LogP contribution in [0.2, 0.25) is 0 Å². The van der Waals surface area contributed by atoms with Crippen molar-refractivity contribution in [1.29, 1.82) is 0 Å². The van der Waals surface area contributed by atoms with Crippen molar-refractivity contribution in [3.05, 3.63) is 69.5 Å². The number of rotatable bonds is 5. The van der Waals surface area contributed by atoms with Crippen LogP contribution in [0.25, 0.3) is 11.0 Å². The number of nitrogens with zero attached hydrogens (tertiary/aromatic N) is 1. The third-order valence-electron chi connectivity index (χ3n) is 5.55. The fraction of sp³-hybridized carbons (Fsp3) is 0.364. The summed E-state index contributed by atoms with van der Waals surface area (Å²) in [6, 6.07) is 8.65. The van der Waals surface area contributed by atoms with E-state index in [0.717, 1.165) is 42.8 Å². The van der Waals surface area contributed by atoms with Crippen molar-refractivity contribution in [1.82, 2.24) is 10.2 Å². The van der Waals surface area contributed by atoms with Gasteiger partial charge in [-0.3, -0.25) is 14.5 Å². The maximum atomic E-state index is 12.7. The summed E-state index contributed by atoms with van der Waals surface area (Å²) in [6.07, 6.45) is 3.93. The molecule has 1 aliphatic rings. The molecule has 2 aromatic heterocycles. The number of hydrogen-bond donors (Lipinski definition) is 1. The molecule has 1 saturated heterocycles. The molecule has 1 N–H and O–H groups in total. The Bertz CT molecular complexity index is 1050. The van der Waals surface area contributed by atoms with Crippen molar-refractivity contribution in [3.8, 4) is 0 Å². The van der Waals surface area contributed by atoms with Crippen LogP contribution in [0.4, 0.5) is 0 Å². The molecule has 1 fully saturated rings. The topological polar surface area (TPSA) is 75.7 Å². The summed E-state index contributed by atoms with van der Waals surface area (Å²) in [5.41, 5.74) is 2.14. The second-order valence-electron chi connectivity index (χ2n) is 7.34. The van der Waals surface area contributed by atoms with E-state index in [2.05, 4.69) is 10.2 Å². The quantitative estimate of drug-likeness (QED) is 0.732. The van der Waals surface area contributed by atoms with Gasteiger partial charge in [0.25, 0.3) is 5.91 Å². The first kappa shape index (κ1) is 18.5. The van der Waals surface area contributed by atoms with E-state index in [9.17, 15) is 9.59 Å². The van der Waals surface area contributed by atoms with Gasteiger partial charge in [0.1, 0.15) is 11.3 Å². The number of nitrogens with one attached hydrogen (secondary N) is 1. The first-order valence-corrected chi connectivity index (χ1v) is 9.64. The Balaban J connectivity index is 1.57. The minimum Gasteiger partial charge on any atom is -0.468 e. The second-order valence-corrected chi connectivity index (χ2v) is 7.34. The SMILES string of the molecule is Cc1ccc2c(=O)cc(C(=O)NC[C@@H](c3ccco3)N3CCCC3)oc2c1C. The third-order valence-corrected chi connectivity index (χ3v) is 5.55. The van der Waals surface area contributed by atoms with E-state index in [-0.39, 0.29) is 17.2 Å². The van der Waals surface area contributed by atoms with Gasteiger partial charge in [-0.2, -0.15) is 0 Å². The lowest BCUT2D eigenvalue weighted by Crippen LogP contribution is -2.36. The first-order chi connectivity index (χ1) is 13.5. The van der Waals surface area contributed by atoms with E-state index in [1.54, 1.807) is 12.3 Å². The number of benzene rings is 1. The summed E-state index contributed by atoms with van der Waals surface area (Å²) in [5, 5.41) is 3.41. The number of fused-ring (bicyclic) bond motifs is 1. The van der Waals surface area contributed by atoms with Crippen LogP contribution >= 0.6 is 0 Å². The Morgan fingerprint density at radius 3 is 2.71 bits per heavy atom. The predicted octanol–water partition coefficient (Wildman–Crippen LogP) is 3.57. The fourth-order valence-electron chi connectivity index (χ4n) is 3.78. The highest BCUT2D eigenvalue weighted by atomic mass is 16.3. The molecule has 0 radical (unpaired) electrons. The van der Waals surface area contributed by atoms with Gasteiger partial charge in [0.2, 0.25) is 0 Å². The van der Waals surface area contributed by atoms with Gasteiger partial charge in [-0.1, -0.05) is 6.07 Å². The van der Waals surface area contributed by atoms with Crippen LogP contribution in [-0.4, -0.2) is 30.4 Å². The fourth-order valence-corrected chi connectivity index (χ4v) is 3.78. The average molecular weight is 380 g/mol. The van der Waals surface area contributed by atoms with Crippen LogP contribution < -0.4 is 10.7 Å². The van der Waals surface area contributed by atoms with Crippen LogP contribution in [0.3, 0.4) is 0 Å². The van der Waals surface area contributed by atoms with Gasteiger partial charge in [0.05, 0.1) is 17.7 Å². The maximum absolute atomic E-state index is 12.7. The Labute approximate surface area is 163 Å². The van der Waals surface area contributed by atoms with Crippen molar-refractivity contribution in [3.63, 3.8) is 0 Å². The molecule has 28 heavy (non-hydrogen) atoms. The molecule has 6 heteroatoms. The Morgan fingerprint density at radius 2 is 2.00 bits per heavy atom. The summed E-state index contributed by atoms with van der Waals surface area (Å²) in [6.45, 7) is 6.19. The Kier molecular flexibility index (Phi) is 5.05. The normalized spacial score (nSPS) is 15.8. The third kappa shape index (κ3) is 3.47. The number of carbonyl (C=O) groups excluding carboxylic acids is 1. The van der Waals surface area contributed by atoms with Crippen LogP contribution in [-0.2, 0) is 0 Å². The van der Waals surface area contributed by atoms with Crippen molar-refractivity contribution >= 4 is 16.9 Å². The molecule has 0 saturated carbocycles. The standard InChI is InChI=1S/C22H24N2O4/c1-14-7-8-16-18(25)12-20(28-21(16)15(14)2)22(26)23-13-17(19-6-5-11-27-19)24-9-3-4-10-24/h5-8,11-12,17H,3-4,9-10,13H2,1-2H3,(H,23,26)/t17-/m0/s1. The Hall–Kier alpha value is -2.86. The molecule has 6 nitrogen and oxygen atoms in total. The highest BCUT2D eigenvalue weighted by Crippen LogP contribution is 2.25. The van der Waals surface area contributed by atoms with Crippen LogP contribution in [0, 0.1) is 13.8 Å². The highest BCUT2D eigenvalue weighted by Gasteiger charge is 2.26. The lowest BCUT2D eigenvalue weighted by molar-refractivity contribution is 0.0906. The van der Waals surface area contributed by atoms with E-state index < -0.39 is 5.91 Å². The van der Waals surface area contributed by atoms with Gasteiger partial charge in [-0.05, 0) is 69.1 Å². The van der Waals surface area contributed by atoms with Gasteiger partial charge in [-0.15, -0.1) is 0 Å². The van der Waals surface area contributed by atoms with Gasteiger partial charge in [0.15, 0.2) is 11.2 Å². The van der Waals surface area contributed by atoms with Gasteiger partial charge >= 0.3 is 0 Å². The summed E-state index contributed by atoms with van der Waals surface area (Å²) < 4.78 is 11.4. The molecular formula is C22H24N2O4. The van der Waals surface area contributed by atoms with Crippen LogP contribution in [0.5, 0.6) is 0 Å². The molecule has 0 bridgehead atoms. The average Bonchev–Trinajstić information content (AvgIpc) is 3.39. The molecule has 0 unspecified atom stereocenters. The second kappa shape index (κ2) is 7.64. The zero-order valence-corrected chi connectivity index (χ0v) is 16.2. The van der Waals surface area contributed by atoms with E-state index in [1.807, 2.05) is 32.0 Å². The van der Waals surface area contributed by atoms with Crippen molar-refractivity contribution in [2.24, 2.45) is 0 Å². The lowest BCUT2D eigenvalue weighted by Gasteiger charge is -2.25. The summed E-state index contributed by atoms with van der Waals surface area (Å²) in [4.78, 5) is 27.5. The van der Waals surface area contributed by atoms with Gasteiger partial charge in [0, 0.05) is 12.6 Å². The zero-order valence-electron chi connectivity index (χ0n) is 16.2. The van der Waals surface area contributed by atoms with Crippen molar-refractivity contribution in [2.75, 3.05) is 19.6 Å². The van der Waals surface area contributed by atoms with Crippen molar-refractivity contribution < 1.29 is 13.6 Å². The maximum Gasteiger partial charge on any atom is 0.287 e. The summed E-state index contributed by atoms with van der Waals surface area (Å²) in [5.74, 6) is 0.468. The van der Waals surface area contributed by atoms with E-state index in [4.69, 9.17) is 8.83 Å². The van der Waals surface area contributed by atoms with Gasteiger partial charge < -0.3 is 14.2 Å². The molecule has 146 valence electrons. The van der Waals surface area contributed by atoms with Crippen LogP contribution in [0.1, 0.15) is 46.3 Å². The van der Waals surface area contributed by atoms with E-state index >= 15 is 0 Å². The zero-order chi connectivity index (χ0) is 19.7. The molecule has 1 aromatic carbocycles. The molecular weight excluding hydrogens is 356 g/mol. The molecule has 0 spiro atoms. The number of likely N-dealkylation sites (tertiary alicyclic amines) is 1. The van der Waals surface area contributed by atoms with Crippen LogP contribution in [0.15, 0.2) is 50.2 Å². The largest absolute Gasteiger partial charge is 0.468 e. The first-order valence-electron chi connectivity index (χ1n) is 9.64. The Morgan fingerprint density at radius 1 is 1.21 bits per heavy atom. The van der Waals surface area contributed by atoms with Gasteiger partial charge in [-0.25, -0.2) is 0 Å². The lowest BCUT2D eigenvalue weighted by atomic mass is 10.1. The van der Waals surface area contributed by atoms with E-state index in [1.165, 1.54) is 6.07 Å². The van der Waals surface area contributed by atoms with E-state index in [0.29, 0.717) is 17.5 Å². The molecule has 1 amide bonds. The molecule has 1 aliphatic heterocycles. The molecule has 0 aliphatic carbocycles. The molecule has 3 aromatic rings. The number of carbonyl (C=O) groups is 1. The number of amides is 1.